The van der Waals surface area contributed by atoms with E-state index in [4.69, 9.17) is 14.7 Å². The van der Waals surface area contributed by atoms with Crippen LogP contribution in [0.5, 0.6) is 5.75 Å². The Kier molecular flexibility index (Phi) is 4.96. The lowest BCUT2D eigenvalue weighted by Crippen LogP contribution is -2.05. The maximum Gasteiger partial charge on any atom is 0.338 e. The minimum absolute atomic E-state index is 0.161. The predicted molar refractivity (Wildman–Crippen MR) is 81.0 cm³/mol. The molecular weight excluding hydrogens is 334 g/mol. The molecule has 0 saturated carbocycles. The van der Waals surface area contributed by atoms with E-state index in [1.54, 1.807) is 49.6 Å². The zero-order valence-corrected chi connectivity index (χ0v) is 12.9. The molecule has 0 amide bonds. The van der Waals surface area contributed by atoms with Crippen molar-refractivity contribution in [1.82, 2.24) is 0 Å². The molecular formula is C16H12BrNO3. The third-order valence-corrected chi connectivity index (χ3v) is 3.46. The van der Waals surface area contributed by atoms with E-state index in [-0.39, 0.29) is 6.61 Å². The molecule has 2 aromatic rings. The Bertz CT molecular complexity index is 690. The van der Waals surface area contributed by atoms with E-state index in [1.807, 2.05) is 6.07 Å². The quantitative estimate of drug-likeness (QED) is 0.793. The van der Waals surface area contributed by atoms with Crippen molar-refractivity contribution in [3.8, 4) is 11.8 Å². The van der Waals surface area contributed by atoms with Gasteiger partial charge in [0, 0.05) is 0 Å². The van der Waals surface area contributed by atoms with E-state index >= 15 is 0 Å². The molecule has 106 valence electrons. The average Bonchev–Trinajstić information content (AvgIpc) is 2.53. The highest BCUT2D eigenvalue weighted by atomic mass is 79.9. The summed E-state index contributed by atoms with van der Waals surface area (Å²) in [5.41, 5.74) is 1.84. The van der Waals surface area contributed by atoms with Crippen molar-refractivity contribution in [3.63, 3.8) is 0 Å². The van der Waals surface area contributed by atoms with E-state index in [2.05, 4.69) is 15.9 Å². The fraction of sp³-hybridized carbons (Fsp3) is 0.125. The predicted octanol–water partition coefficient (Wildman–Crippen LogP) is 3.69. The second kappa shape index (κ2) is 6.91. The monoisotopic (exact) mass is 345 g/mol. The van der Waals surface area contributed by atoms with Gasteiger partial charge in [-0.3, -0.25) is 0 Å². The molecule has 0 fully saturated rings. The molecule has 0 N–H and O–H groups in total. The topological polar surface area (TPSA) is 59.3 Å². The van der Waals surface area contributed by atoms with Gasteiger partial charge in [0.1, 0.15) is 12.4 Å². The summed E-state index contributed by atoms with van der Waals surface area (Å²) < 4.78 is 11.0. The van der Waals surface area contributed by atoms with Crippen LogP contribution >= 0.6 is 15.9 Å². The zero-order chi connectivity index (χ0) is 15.2. The highest BCUT2D eigenvalue weighted by Gasteiger charge is 2.10. The molecule has 0 radical (unpaired) electrons. The maximum atomic E-state index is 12.0. The summed E-state index contributed by atoms with van der Waals surface area (Å²) in [6.45, 7) is 0.161. The number of hydrogen-bond acceptors (Lipinski definition) is 4. The summed E-state index contributed by atoms with van der Waals surface area (Å²) in [5, 5.41) is 8.71. The molecule has 0 bridgehead atoms. The average molecular weight is 346 g/mol. The molecule has 0 atom stereocenters. The lowest BCUT2D eigenvalue weighted by molar-refractivity contribution is 0.0472. The fourth-order valence-corrected chi connectivity index (χ4v) is 2.24. The largest absolute Gasteiger partial charge is 0.496 e. The fourth-order valence-electron chi connectivity index (χ4n) is 1.70. The Morgan fingerprint density at radius 3 is 2.52 bits per heavy atom. The molecule has 4 nitrogen and oxygen atoms in total. The first-order valence-electron chi connectivity index (χ1n) is 6.13. The Morgan fingerprint density at radius 1 is 1.24 bits per heavy atom. The normalized spacial score (nSPS) is 9.76. The SMILES string of the molecule is COc1ccc(C(=O)OCc2ccc(C#N)cc2)cc1Br. The van der Waals surface area contributed by atoms with Crippen LogP contribution in [-0.2, 0) is 11.3 Å². The molecule has 0 aliphatic carbocycles. The van der Waals surface area contributed by atoms with Crippen molar-refractivity contribution in [2.24, 2.45) is 0 Å². The first-order chi connectivity index (χ1) is 10.1. The number of hydrogen-bond donors (Lipinski definition) is 0. The number of rotatable bonds is 4. The lowest BCUT2D eigenvalue weighted by Gasteiger charge is -2.07. The first kappa shape index (κ1) is 15.1. The van der Waals surface area contributed by atoms with Gasteiger partial charge in [0.15, 0.2) is 0 Å². The van der Waals surface area contributed by atoms with Crippen LogP contribution in [0, 0.1) is 11.3 Å². The second-order valence-corrected chi connectivity index (χ2v) is 5.09. The van der Waals surface area contributed by atoms with Crippen LogP contribution in [0.15, 0.2) is 46.9 Å². The van der Waals surface area contributed by atoms with Crippen molar-refractivity contribution in [2.75, 3.05) is 7.11 Å². The molecule has 2 rings (SSSR count). The van der Waals surface area contributed by atoms with E-state index in [9.17, 15) is 4.79 Å². The standard InChI is InChI=1S/C16H12BrNO3/c1-20-15-7-6-13(8-14(15)17)16(19)21-10-12-4-2-11(9-18)3-5-12/h2-8H,10H2,1H3. The third kappa shape index (κ3) is 3.83. The van der Waals surface area contributed by atoms with E-state index in [0.717, 1.165) is 5.56 Å². The molecule has 0 saturated heterocycles. The van der Waals surface area contributed by atoms with Gasteiger partial charge >= 0.3 is 5.97 Å². The van der Waals surface area contributed by atoms with Crippen molar-refractivity contribution in [1.29, 1.82) is 5.26 Å². The molecule has 0 heterocycles. The number of benzene rings is 2. The number of ether oxygens (including phenoxy) is 2. The number of carbonyl (C=O) groups is 1. The van der Waals surface area contributed by atoms with Gasteiger partial charge in [-0.05, 0) is 51.8 Å². The smallest absolute Gasteiger partial charge is 0.338 e. The second-order valence-electron chi connectivity index (χ2n) is 4.23. The minimum Gasteiger partial charge on any atom is -0.496 e. The Labute approximate surface area is 131 Å². The zero-order valence-electron chi connectivity index (χ0n) is 11.3. The van der Waals surface area contributed by atoms with Gasteiger partial charge < -0.3 is 9.47 Å². The summed E-state index contributed by atoms with van der Waals surface area (Å²) in [5.74, 6) is 0.237. The Hall–Kier alpha value is -2.32. The molecule has 0 aliphatic heterocycles. The van der Waals surface area contributed by atoms with Gasteiger partial charge in [0.25, 0.3) is 0 Å². The summed E-state index contributed by atoms with van der Waals surface area (Å²) in [6.07, 6.45) is 0. The first-order valence-corrected chi connectivity index (χ1v) is 6.93. The Balaban J connectivity index is 2.01. The number of methoxy groups -OCH3 is 1. The van der Waals surface area contributed by atoms with E-state index < -0.39 is 5.97 Å². The number of nitriles is 1. The third-order valence-electron chi connectivity index (χ3n) is 2.84. The van der Waals surface area contributed by atoms with Gasteiger partial charge in [-0.2, -0.15) is 5.26 Å². The molecule has 21 heavy (non-hydrogen) atoms. The molecule has 0 aromatic heterocycles. The highest BCUT2D eigenvalue weighted by Crippen LogP contribution is 2.25. The van der Waals surface area contributed by atoms with Crippen LogP contribution in [0.2, 0.25) is 0 Å². The van der Waals surface area contributed by atoms with Crippen LogP contribution in [-0.4, -0.2) is 13.1 Å². The van der Waals surface area contributed by atoms with Crippen molar-refractivity contribution < 1.29 is 14.3 Å². The summed E-state index contributed by atoms with van der Waals surface area (Å²) in [6, 6.07) is 13.9. The summed E-state index contributed by atoms with van der Waals surface area (Å²) in [4.78, 5) is 12.0. The lowest BCUT2D eigenvalue weighted by atomic mass is 10.1. The molecule has 0 spiro atoms. The summed E-state index contributed by atoms with van der Waals surface area (Å²) in [7, 11) is 1.56. The van der Waals surface area contributed by atoms with Gasteiger partial charge in [0.05, 0.1) is 28.8 Å². The van der Waals surface area contributed by atoms with Crippen LogP contribution in [0.3, 0.4) is 0 Å². The van der Waals surface area contributed by atoms with Crippen LogP contribution in [0.1, 0.15) is 21.5 Å². The van der Waals surface area contributed by atoms with Gasteiger partial charge in [0.2, 0.25) is 0 Å². The maximum absolute atomic E-state index is 12.0. The van der Waals surface area contributed by atoms with Crippen molar-refractivity contribution in [3.05, 3.63) is 63.6 Å². The molecule has 5 heteroatoms. The molecule has 0 unspecified atom stereocenters. The van der Waals surface area contributed by atoms with E-state index in [1.165, 1.54) is 0 Å². The minimum atomic E-state index is -0.414. The van der Waals surface area contributed by atoms with Gasteiger partial charge in [-0.25, -0.2) is 4.79 Å². The number of carbonyl (C=O) groups excluding carboxylic acids is 1. The highest BCUT2D eigenvalue weighted by molar-refractivity contribution is 9.10. The van der Waals surface area contributed by atoms with Crippen LogP contribution in [0.25, 0.3) is 0 Å². The molecule has 2 aromatic carbocycles. The van der Waals surface area contributed by atoms with Gasteiger partial charge in [-0.1, -0.05) is 12.1 Å². The van der Waals surface area contributed by atoms with Crippen molar-refractivity contribution >= 4 is 21.9 Å². The number of esters is 1. The van der Waals surface area contributed by atoms with E-state index in [0.29, 0.717) is 21.3 Å². The number of halogens is 1. The van der Waals surface area contributed by atoms with Crippen LogP contribution < -0.4 is 4.74 Å². The summed E-state index contributed by atoms with van der Waals surface area (Å²) >= 11 is 3.32. The Morgan fingerprint density at radius 2 is 1.95 bits per heavy atom. The number of nitrogens with zero attached hydrogens (tertiary/aromatic N) is 1. The van der Waals surface area contributed by atoms with Crippen molar-refractivity contribution in [2.45, 2.75) is 6.61 Å². The van der Waals surface area contributed by atoms with Crippen LogP contribution in [0.4, 0.5) is 0 Å². The van der Waals surface area contributed by atoms with Gasteiger partial charge in [-0.15, -0.1) is 0 Å². The molecule has 0 aliphatic rings.